The van der Waals surface area contributed by atoms with Crippen molar-refractivity contribution >= 4 is 0 Å². The summed E-state index contributed by atoms with van der Waals surface area (Å²) < 4.78 is 38.0. The summed E-state index contributed by atoms with van der Waals surface area (Å²) in [6.07, 6.45) is -4.35. The highest BCUT2D eigenvalue weighted by Crippen LogP contribution is 2.29. The smallest absolute Gasteiger partial charge is 0.328 e. The second kappa shape index (κ2) is 4.84. The van der Waals surface area contributed by atoms with E-state index in [1.807, 2.05) is 6.07 Å². The fraction of sp³-hybridized carbons (Fsp3) is 0.455. The van der Waals surface area contributed by atoms with Gasteiger partial charge in [-0.1, -0.05) is 30.3 Å². The number of benzene rings is 1. The zero-order valence-corrected chi connectivity index (χ0v) is 9.01. The molecule has 0 heterocycles. The minimum Gasteiger partial charge on any atom is -0.328 e. The number of nitrogens with one attached hydrogen (secondary N) is 1. The van der Waals surface area contributed by atoms with E-state index < -0.39 is 18.3 Å². The maximum atomic E-state index is 12.7. The van der Waals surface area contributed by atoms with Crippen molar-refractivity contribution in [2.45, 2.75) is 25.2 Å². The zero-order valence-electron chi connectivity index (χ0n) is 9.01. The van der Waals surface area contributed by atoms with Crippen LogP contribution in [0.25, 0.3) is 0 Å². The van der Waals surface area contributed by atoms with Crippen LogP contribution in [0.1, 0.15) is 12.5 Å². The third-order valence-corrected chi connectivity index (χ3v) is 2.56. The lowest BCUT2D eigenvalue weighted by molar-refractivity contribution is -0.188. The monoisotopic (exact) mass is 232 g/mol. The molecule has 1 aromatic carbocycles. The predicted molar refractivity (Wildman–Crippen MR) is 56.8 cm³/mol. The molecule has 0 amide bonds. The Morgan fingerprint density at radius 1 is 1.19 bits per heavy atom. The van der Waals surface area contributed by atoms with Crippen LogP contribution in [0.5, 0.6) is 0 Å². The quantitative estimate of drug-likeness (QED) is 0.833. The maximum absolute atomic E-state index is 12.7. The maximum Gasteiger partial charge on any atom is 0.407 e. The van der Waals surface area contributed by atoms with E-state index in [2.05, 4.69) is 5.32 Å². The van der Waals surface area contributed by atoms with Gasteiger partial charge in [-0.25, -0.2) is 0 Å². The highest BCUT2D eigenvalue weighted by atomic mass is 19.4. The van der Waals surface area contributed by atoms with Crippen LogP contribution < -0.4 is 11.1 Å². The first-order valence-electron chi connectivity index (χ1n) is 4.95. The molecule has 1 aromatic rings. The minimum absolute atomic E-state index is 0.147. The summed E-state index contributed by atoms with van der Waals surface area (Å²) in [5.41, 5.74) is 3.93. The average molecular weight is 232 g/mol. The molecular formula is C11H15F3N2. The van der Waals surface area contributed by atoms with Gasteiger partial charge in [-0.2, -0.15) is 13.2 Å². The largest absolute Gasteiger partial charge is 0.407 e. The standard InChI is InChI=1S/C11H15F3N2/c1-10(8-15,11(12,13)14)16-7-9-5-3-2-4-6-9/h2-6,16H,7-8,15H2,1H3/t10-/m0/s1. The topological polar surface area (TPSA) is 38.0 Å². The van der Waals surface area contributed by atoms with Crippen LogP contribution in [0.4, 0.5) is 13.2 Å². The molecule has 0 spiro atoms. The van der Waals surface area contributed by atoms with E-state index >= 15 is 0 Å². The van der Waals surface area contributed by atoms with Gasteiger partial charge in [-0.05, 0) is 12.5 Å². The summed E-state index contributed by atoms with van der Waals surface area (Å²) in [5, 5.41) is 2.45. The Hall–Kier alpha value is -1.07. The molecule has 5 heteroatoms. The number of hydrogen-bond donors (Lipinski definition) is 2. The van der Waals surface area contributed by atoms with Crippen LogP contribution in [-0.2, 0) is 6.54 Å². The molecule has 90 valence electrons. The van der Waals surface area contributed by atoms with Crippen molar-refractivity contribution in [3.05, 3.63) is 35.9 Å². The van der Waals surface area contributed by atoms with E-state index in [0.29, 0.717) is 0 Å². The van der Waals surface area contributed by atoms with E-state index in [9.17, 15) is 13.2 Å². The van der Waals surface area contributed by atoms with Crippen molar-refractivity contribution < 1.29 is 13.2 Å². The number of hydrogen-bond acceptors (Lipinski definition) is 2. The first kappa shape index (κ1) is 13.0. The fourth-order valence-electron chi connectivity index (χ4n) is 1.18. The molecule has 0 unspecified atom stereocenters. The van der Waals surface area contributed by atoms with Gasteiger partial charge in [0.05, 0.1) is 0 Å². The van der Waals surface area contributed by atoms with E-state index in [-0.39, 0.29) is 6.54 Å². The van der Waals surface area contributed by atoms with Crippen LogP contribution in [-0.4, -0.2) is 18.3 Å². The summed E-state index contributed by atoms with van der Waals surface area (Å²) in [6, 6.07) is 8.91. The lowest BCUT2D eigenvalue weighted by atomic mass is 10.0. The van der Waals surface area contributed by atoms with Gasteiger partial charge in [0.15, 0.2) is 0 Å². The molecular weight excluding hydrogens is 217 g/mol. The Morgan fingerprint density at radius 3 is 2.19 bits per heavy atom. The molecule has 0 fully saturated rings. The first-order chi connectivity index (χ1) is 7.39. The van der Waals surface area contributed by atoms with Crippen LogP contribution in [0, 0.1) is 0 Å². The second-order valence-electron chi connectivity index (χ2n) is 3.87. The SMILES string of the molecule is C[C@@](CN)(NCc1ccccc1)C(F)(F)F. The Labute approximate surface area is 92.6 Å². The third-order valence-electron chi connectivity index (χ3n) is 2.56. The van der Waals surface area contributed by atoms with E-state index in [1.165, 1.54) is 0 Å². The van der Waals surface area contributed by atoms with Crippen molar-refractivity contribution in [2.75, 3.05) is 6.54 Å². The van der Waals surface area contributed by atoms with Crippen LogP contribution in [0.2, 0.25) is 0 Å². The molecule has 3 N–H and O–H groups in total. The average Bonchev–Trinajstić information content (AvgIpc) is 2.26. The van der Waals surface area contributed by atoms with E-state index in [0.717, 1.165) is 12.5 Å². The summed E-state index contributed by atoms with van der Waals surface area (Å²) in [7, 11) is 0. The highest BCUT2D eigenvalue weighted by Gasteiger charge is 2.49. The van der Waals surface area contributed by atoms with Gasteiger partial charge in [0.25, 0.3) is 0 Å². The lowest BCUT2D eigenvalue weighted by Crippen LogP contribution is -2.58. The minimum atomic E-state index is -4.35. The van der Waals surface area contributed by atoms with Gasteiger partial charge in [-0.3, -0.25) is 5.32 Å². The van der Waals surface area contributed by atoms with Crippen molar-refractivity contribution in [1.29, 1.82) is 0 Å². The molecule has 16 heavy (non-hydrogen) atoms. The molecule has 0 aliphatic carbocycles. The second-order valence-corrected chi connectivity index (χ2v) is 3.87. The van der Waals surface area contributed by atoms with Crippen LogP contribution in [0.3, 0.4) is 0 Å². The normalized spacial score (nSPS) is 15.8. The number of halogens is 3. The van der Waals surface area contributed by atoms with E-state index in [1.54, 1.807) is 24.3 Å². The van der Waals surface area contributed by atoms with E-state index in [4.69, 9.17) is 5.73 Å². The Kier molecular flexibility index (Phi) is 3.93. The molecule has 0 aromatic heterocycles. The van der Waals surface area contributed by atoms with Gasteiger partial charge in [0, 0.05) is 13.1 Å². The molecule has 0 radical (unpaired) electrons. The molecule has 0 aliphatic heterocycles. The first-order valence-corrected chi connectivity index (χ1v) is 4.95. The summed E-state index contributed by atoms with van der Waals surface area (Å²) in [5.74, 6) is 0. The molecule has 1 rings (SSSR count). The summed E-state index contributed by atoms with van der Waals surface area (Å²) in [6.45, 7) is 0.729. The Bertz CT molecular complexity index is 324. The molecule has 0 aliphatic rings. The van der Waals surface area contributed by atoms with Crippen LogP contribution >= 0.6 is 0 Å². The van der Waals surface area contributed by atoms with Crippen molar-refractivity contribution in [2.24, 2.45) is 5.73 Å². The van der Waals surface area contributed by atoms with Gasteiger partial charge < -0.3 is 5.73 Å². The van der Waals surface area contributed by atoms with Gasteiger partial charge in [0.2, 0.25) is 0 Å². The number of alkyl halides is 3. The molecule has 0 saturated carbocycles. The van der Waals surface area contributed by atoms with Crippen LogP contribution in [0.15, 0.2) is 30.3 Å². The Morgan fingerprint density at radius 2 is 1.75 bits per heavy atom. The van der Waals surface area contributed by atoms with Crippen molar-refractivity contribution in [3.63, 3.8) is 0 Å². The third kappa shape index (κ3) is 2.96. The Balaban J connectivity index is 2.66. The summed E-state index contributed by atoms with van der Waals surface area (Å²) in [4.78, 5) is 0. The number of rotatable bonds is 4. The molecule has 0 bridgehead atoms. The molecule has 2 nitrogen and oxygen atoms in total. The van der Waals surface area contributed by atoms with Gasteiger partial charge in [-0.15, -0.1) is 0 Å². The predicted octanol–water partition coefficient (Wildman–Crippen LogP) is 2.06. The van der Waals surface area contributed by atoms with Crippen molar-refractivity contribution in [1.82, 2.24) is 5.32 Å². The molecule has 1 atom stereocenters. The van der Waals surface area contributed by atoms with Gasteiger partial charge in [0.1, 0.15) is 5.54 Å². The summed E-state index contributed by atoms with van der Waals surface area (Å²) >= 11 is 0. The lowest BCUT2D eigenvalue weighted by Gasteiger charge is -2.31. The zero-order chi connectivity index (χ0) is 12.2. The number of nitrogens with two attached hydrogens (primary N) is 1. The molecule has 0 saturated heterocycles. The fourth-order valence-corrected chi connectivity index (χ4v) is 1.18. The van der Waals surface area contributed by atoms with Crippen molar-refractivity contribution in [3.8, 4) is 0 Å². The van der Waals surface area contributed by atoms with Gasteiger partial charge >= 0.3 is 6.18 Å². The highest BCUT2D eigenvalue weighted by molar-refractivity contribution is 5.15.